The van der Waals surface area contributed by atoms with Gasteiger partial charge in [0.2, 0.25) is 0 Å². The number of rotatable bonds is 0. The molecule has 0 spiro atoms. The summed E-state index contributed by atoms with van der Waals surface area (Å²) in [6.45, 7) is 0. The van der Waals surface area contributed by atoms with Crippen LogP contribution in [0, 0.1) is 29.9 Å². The number of hydrogen-bond donors (Lipinski definition) is 0. The Morgan fingerprint density at radius 2 is 0.455 bits per heavy atom. The Hall–Kier alpha value is 1.94. The van der Waals surface area contributed by atoms with Crippen molar-refractivity contribution >= 4 is 17.4 Å². The van der Waals surface area contributed by atoms with Crippen LogP contribution >= 0.6 is 17.4 Å². The van der Waals surface area contributed by atoms with Crippen LogP contribution in [0.2, 0.25) is 0 Å². The molecule has 11 heavy (non-hydrogen) atoms. The molecule has 0 heterocycles. The fourth-order valence-corrected chi connectivity index (χ4v) is 0. The normalized spacial score (nSPS) is 2.45. The van der Waals surface area contributed by atoms with Crippen LogP contribution in [0.1, 0.15) is 0 Å². The Balaban J connectivity index is -0.00000000214. The molecule has 0 saturated carbocycles. The van der Waals surface area contributed by atoms with E-state index in [1.165, 1.54) is 0 Å². The van der Waals surface area contributed by atoms with Gasteiger partial charge in [-0.3, -0.25) is 0 Å². The Kier molecular flexibility index (Phi) is 402. The zero-order chi connectivity index (χ0) is 3.58. The van der Waals surface area contributed by atoms with Gasteiger partial charge in [-0.15, -0.1) is 0 Å². The van der Waals surface area contributed by atoms with Crippen molar-refractivity contribution in [3.63, 3.8) is 0 Å². The molecule has 0 amide bonds. The van der Waals surface area contributed by atoms with Crippen LogP contribution in [0.4, 0.5) is 0 Å². The van der Waals surface area contributed by atoms with E-state index in [0.717, 1.165) is 0 Å². The third-order valence-electron chi connectivity index (χ3n) is 0. The van der Waals surface area contributed by atoms with Crippen LogP contribution < -0.4 is 0 Å². The minimum atomic E-state index is -2.24. The van der Waals surface area contributed by atoms with E-state index in [1.54, 1.807) is 0 Å². The quantitative estimate of drug-likeness (QED) is 0.398. The molecule has 0 rings (SSSR count). The molecule has 0 aromatic carbocycles. The second-order valence-electron chi connectivity index (χ2n) is 0.214. The molecule has 11 heteroatoms. The summed E-state index contributed by atoms with van der Waals surface area (Å²) in [5.74, 6) is 15.1. The predicted octanol–water partition coefficient (Wildman–Crippen LogP) is -3.70. The Bertz CT molecular complexity index is 18.4. The van der Waals surface area contributed by atoms with Gasteiger partial charge in [0.05, 0.1) is 0 Å². The summed E-state index contributed by atoms with van der Waals surface area (Å²) >= 11 is -2.24. The molecule has 81 valence electrons. The minimum absolute atomic E-state index is 0. The molecule has 0 radical (unpaired) electrons. The van der Waals surface area contributed by atoms with Crippen LogP contribution in [-0.4, -0.2) is 38.3 Å². The average molecular weight is 377 g/mol. The van der Waals surface area contributed by atoms with E-state index in [9.17, 15) is 0 Å². The Labute approximate surface area is 84.5 Å². The van der Waals surface area contributed by atoms with Gasteiger partial charge in [0.25, 0.3) is 0 Å². The molecule has 0 bridgehead atoms. The van der Waals surface area contributed by atoms with E-state index < -0.39 is 29.9 Å². The molecular weight excluding hydrogens is 363 g/mol. The summed E-state index contributed by atoms with van der Waals surface area (Å²) in [6, 6.07) is 0. The van der Waals surface area contributed by atoms with Gasteiger partial charge in [-0.1, -0.05) is 0 Å². The third kappa shape index (κ3) is 313. The van der Waals surface area contributed by atoms with Crippen molar-refractivity contribution < 1.29 is 68.3 Å². The first kappa shape index (κ1) is 75.6. The van der Waals surface area contributed by atoms with Crippen molar-refractivity contribution in [1.82, 2.24) is 0 Å². The zero-order valence-corrected chi connectivity index (χ0v) is 10.6. The molecule has 0 aliphatic rings. The molecule has 14 N–H and O–H groups in total. The van der Waals surface area contributed by atoms with Gasteiger partial charge >= 0.3 is 47.3 Å². The van der Waals surface area contributed by atoms with Gasteiger partial charge in [-0.05, 0) is 0 Å². The molecule has 0 fully saturated rings. The van der Waals surface area contributed by atoms with Gasteiger partial charge in [0.15, 0.2) is 0 Å². The molecule has 0 aromatic rings. The maximum atomic E-state index is 5.02. The first-order valence-corrected chi connectivity index (χ1v) is 12.6. The first-order valence-electron chi connectivity index (χ1n) is 0.567. The number of halogens is 3. The molecule has 0 saturated heterocycles. The maximum absolute atomic E-state index is 5.02. The summed E-state index contributed by atoms with van der Waals surface area (Å²) in [6.07, 6.45) is 0. The van der Waals surface area contributed by atoms with E-state index in [-0.39, 0.29) is 38.3 Å². The van der Waals surface area contributed by atoms with Gasteiger partial charge in [0, 0.05) is 0 Å². The van der Waals surface area contributed by atoms with Crippen molar-refractivity contribution in [1.29, 1.82) is 0 Å². The average Bonchev–Trinajstić information content (AvgIpc) is 0.811. The summed E-state index contributed by atoms with van der Waals surface area (Å²) in [7, 11) is 0. The van der Waals surface area contributed by atoms with E-state index in [2.05, 4.69) is 0 Å². The van der Waals surface area contributed by atoms with E-state index in [0.29, 0.717) is 0 Å². The van der Waals surface area contributed by atoms with Gasteiger partial charge in [0.1, 0.15) is 0 Å². The van der Waals surface area contributed by atoms with Crippen molar-refractivity contribution in [3.8, 4) is 0 Å². The second kappa shape index (κ2) is 58.6. The predicted molar refractivity (Wildman–Crippen MR) is 42.9 cm³/mol. The van der Waals surface area contributed by atoms with E-state index in [4.69, 9.17) is 17.4 Å². The fourth-order valence-electron chi connectivity index (χ4n) is 0. The van der Waals surface area contributed by atoms with Crippen LogP contribution in [-0.2, 0) is 0 Å². The van der Waals surface area contributed by atoms with Crippen molar-refractivity contribution in [3.05, 3.63) is 0 Å². The van der Waals surface area contributed by atoms with Crippen molar-refractivity contribution in [2.75, 3.05) is 0 Å². The summed E-state index contributed by atoms with van der Waals surface area (Å²) < 4.78 is 0. The SMILES string of the molecule is O.O.O.O.O.O.O.[Cl][Nd]([Cl])[Cl]. The molecule has 7 nitrogen and oxygen atoms in total. The van der Waals surface area contributed by atoms with Crippen LogP contribution in [0.3, 0.4) is 0 Å². The Morgan fingerprint density at radius 1 is 0.455 bits per heavy atom. The van der Waals surface area contributed by atoms with E-state index >= 15 is 0 Å². The molecular formula is H14Cl3NdO7. The second-order valence-corrected chi connectivity index (χ2v) is 14.3. The Morgan fingerprint density at radius 3 is 0.455 bits per heavy atom. The molecule has 0 aliphatic carbocycles. The van der Waals surface area contributed by atoms with Gasteiger partial charge in [-0.25, -0.2) is 0 Å². The van der Waals surface area contributed by atoms with Crippen LogP contribution in [0.5, 0.6) is 0 Å². The third-order valence-corrected chi connectivity index (χ3v) is 0. The van der Waals surface area contributed by atoms with Crippen LogP contribution in [0.25, 0.3) is 0 Å². The fraction of sp³-hybridized carbons (Fsp3) is 0. The first-order chi connectivity index (χ1) is 1.73. The molecule has 0 unspecified atom stereocenters. The summed E-state index contributed by atoms with van der Waals surface area (Å²) in [5, 5.41) is 0. The molecule has 0 aliphatic heterocycles. The monoisotopic (exact) mass is 373 g/mol. The zero-order valence-electron chi connectivity index (χ0n) is 5.13. The standard InChI is InChI=1S/3ClH.Nd.7H2O/h3*1H;;7*1H2/q;;;+3;;;;;;;/p-3. The summed E-state index contributed by atoms with van der Waals surface area (Å²) in [4.78, 5) is 0. The number of hydrogen-bond acceptors (Lipinski definition) is 0. The van der Waals surface area contributed by atoms with Crippen molar-refractivity contribution in [2.45, 2.75) is 0 Å². The van der Waals surface area contributed by atoms with Gasteiger partial charge in [-0.2, -0.15) is 0 Å². The van der Waals surface area contributed by atoms with E-state index in [1.807, 2.05) is 0 Å². The topological polar surface area (TPSA) is 220 Å². The molecule has 0 aromatic heterocycles. The van der Waals surface area contributed by atoms with Gasteiger partial charge < -0.3 is 38.3 Å². The molecule has 0 atom stereocenters. The van der Waals surface area contributed by atoms with Crippen molar-refractivity contribution in [2.24, 2.45) is 0 Å². The van der Waals surface area contributed by atoms with Crippen LogP contribution in [0.15, 0.2) is 0 Å². The summed E-state index contributed by atoms with van der Waals surface area (Å²) in [5.41, 5.74) is 0.